The van der Waals surface area contributed by atoms with Gasteiger partial charge in [-0.3, -0.25) is 0 Å². The predicted molar refractivity (Wildman–Crippen MR) is 111 cm³/mol. The van der Waals surface area contributed by atoms with Crippen LogP contribution in [0.2, 0.25) is 0 Å². The maximum absolute atomic E-state index is 11.9. The Morgan fingerprint density at radius 3 is 2.32 bits per heavy atom. The number of unbranched alkanes of at least 4 members (excludes halogenated alkanes) is 2. The number of benzene rings is 2. The minimum atomic E-state index is -0.583. The molecule has 4 nitrogen and oxygen atoms in total. The van der Waals surface area contributed by atoms with Crippen LogP contribution in [0.15, 0.2) is 54.6 Å². The smallest absolute Gasteiger partial charge is 0.334 e. The van der Waals surface area contributed by atoms with E-state index in [0.717, 1.165) is 42.6 Å². The van der Waals surface area contributed by atoms with Crippen molar-refractivity contribution in [3.63, 3.8) is 0 Å². The molecule has 0 aromatic heterocycles. The lowest BCUT2D eigenvalue weighted by atomic mass is 10.0. The van der Waals surface area contributed by atoms with Crippen LogP contribution in [0.4, 0.5) is 0 Å². The van der Waals surface area contributed by atoms with Gasteiger partial charge in [0.2, 0.25) is 0 Å². The van der Waals surface area contributed by atoms with Gasteiger partial charge in [-0.15, -0.1) is 0 Å². The molecule has 0 heterocycles. The molecule has 0 spiro atoms. The van der Waals surface area contributed by atoms with E-state index < -0.39 is 6.10 Å². The second-order valence-corrected chi connectivity index (χ2v) is 6.86. The Balaban J connectivity index is 1.99. The highest BCUT2D eigenvalue weighted by Crippen LogP contribution is 2.27. The van der Waals surface area contributed by atoms with E-state index in [1.807, 2.05) is 54.6 Å². The SMILES string of the molecule is CCCCCC(OC(C)C(=O)OCC)c1ccc(OCc2ccccc2)cc1. The standard InChI is InChI=1S/C24H32O4/c1-4-6-8-13-23(28-19(3)24(25)26-5-2)21-14-16-22(17-15-21)27-18-20-11-9-7-10-12-20/h7,9-12,14-17,19,23H,4-6,8,13,18H2,1-3H3. The highest BCUT2D eigenvalue weighted by atomic mass is 16.6. The number of rotatable bonds is 12. The quantitative estimate of drug-likeness (QED) is 0.340. The molecule has 152 valence electrons. The number of carbonyl (C=O) groups is 1. The van der Waals surface area contributed by atoms with E-state index in [1.54, 1.807) is 13.8 Å². The van der Waals surface area contributed by atoms with Crippen molar-refractivity contribution in [2.24, 2.45) is 0 Å². The Morgan fingerprint density at radius 1 is 0.964 bits per heavy atom. The first-order chi connectivity index (χ1) is 13.6. The van der Waals surface area contributed by atoms with Gasteiger partial charge in [0.15, 0.2) is 6.10 Å². The van der Waals surface area contributed by atoms with Crippen molar-refractivity contribution < 1.29 is 19.0 Å². The molecule has 4 heteroatoms. The van der Waals surface area contributed by atoms with Gasteiger partial charge in [0, 0.05) is 0 Å². The number of hydrogen-bond donors (Lipinski definition) is 0. The fourth-order valence-corrected chi connectivity index (χ4v) is 2.97. The number of carbonyl (C=O) groups excluding carboxylic acids is 1. The molecule has 0 aliphatic heterocycles. The van der Waals surface area contributed by atoms with Crippen molar-refractivity contribution in [3.8, 4) is 5.75 Å². The second-order valence-electron chi connectivity index (χ2n) is 6.86. The molecule has 0 fully saturated rings. The van der Waals surface area contributed by atoms with Crippen molar-refractivity contribution in [2.45, 2.75) is 65.3 Å². The maximum atomic E-state index is 11.9. The predicted octanol–water partition coefficient (Wildman–Crippen LogP) is 5.86. The van der Waals surface area contributed by atoms with Gasteiger partial charge in [0.05, 0.1) is 12.7 Å². The van der Waals surface area contributed by atoms with Gasteiger partial charge in [-0.1, -0.05) is 68.7 Å². The number of hydrogen-bond acceptors (Lipinski definition) is 4. The fourth-order valence-electron chi connectivity index (χ4n) is 2.97. The molecule has 0 radical (unpaired) electrons. The first-order valence-electron chi connectivity index (χ1n) is 10.2. The molecular weight excluding hydrogens is 352 g/mol. The second kappa shape index (κ2) is 12.2. The summed E-state index contributed by atoms with van der Waals surface area (Å²) >= 11 is 0. The zero-order chi connectivity index (χ0) is 20.2. The van der Waals surface area contributed by atoms with E-state index in [-0.39, 0.29) is 12.1 Å². The third-order valence-electron chi connectivity index (χ3n) is 4.56. The number of ether oxygens (including phenoxy) is 3. The molecule has 2 aromatic carbocycles. The van der Waals surface area contributed by atoms with Crippen molar-refractivity contribution in [1.82, 2.24) is 0 Å². The van der Waals surface area contributed by atoms with Gasteiger partial charge in [-0.2, -0.15) is 0 Å². The molecule has 2 rings (SSSR count). The van der Waals surface area contributed by atoms with E-state index in [4.69, 9.17) is 14.2 Å². The van der Waals surface area contributed by atoms with Gasteiger partial charge < -0.3 is 14.2 Å². The summed E-state index contributed by atoms with van der Waals surface area (Å²) in [5.74, 6) is 0.504. The summed E-state index contributed by atoms with van der Waals surface area (Å²) in [7, 11) is 0. The van der Waals surface area contributed by atoms with E-state index in [0.29, 0.717) is 13.2 Å². The largest absolute Gasteiger partial charge is 0.489 e. The molecule has 28 heavy (non-hydrogen) atoms. The summed E-state index contributed by atoms with van der Waals surface area (Å²) in [5, 5.41) is 0. The molecule has 0 saturated carbocycles. The minimum Gasteiger partial charge on any atom is -0.489 e. The van der Waals surface area contributed by atoms with Gasteiger partial charge in [-0.25, -0.2) is 4.79 Å². The Kier molecular flexibility index (Phi) is 9.56. The van der Waals surface area contributed by atoms with Crippen LogP contribution in [0.1, 0.15) is 63.7 Å². The normalized spacial score (nSPS) is 13.0. The Morgan fingerprint density at radius 2 is 1.68 bits per heavy atom. The average Bonchev–Trinajstić information content (AvgIpc) is 2.73. The van der Waals surface area contributed by atoms with Gasteiger partial charge in [-0.05, 0) is 43.5 Å². The van der Waals surface area contributed by atoms with Gasteiger partial charge >= 0.3 is 5.97 Å². The van der Waals surface area contributed by atoms with Gasteiger partial charge in [0.1, 0.15) is 12.4 Å². The number of esters is 1. The monoisotopic (exact) mass is 384 g/mol. The molecule has 2 unspecified atom stereocenters. The van der Waals surface area contributed by atoms with Crippen molar-refractivity contribution in [1.29, 1.82) is 0 Å². The van der Waals surface area contributed by atoms with Crippen LogP contribution < -0.4 is 4.74 Å². The fraction of sp³-hybridized carbons (Fsp3) is 0.458. The first kappa shape index (κ1) is 22.0. The summed E-state index contributed by atoms with van der Waals surface area (Å²) in [6, 6.07) is 18.1. The molecule has 0 aliphatic rings. The van der Waals surface area contributed by atoms with Crippen LogP contribution in [0.25, 0.3) is 0 Å². The molecule has 0 amide bonds. The Labute approximate surface area is 168 Å². The zero-order valence-corrected chi connectivity index (χ0v) is 17.2. The summed E-state index contributed by atoms with van der Waals surface area (Å²) in [4.78, 5) is 11.9. The highest BCUT2D eigenvalue weighted by Gasteiger charge is 2.21. The van der Waals surface area contributed by atoms with E-state index in [2.05, 4.69) is 6.92 Å². The first-order valence-corrected chi connectivity index (χ1v) is 10.2. The lowest BCUT2D eigenvalue weighted by Gasteiger charge is -2.22. The molecule has 0 saturated heterocycles. The molecule has 2 aromatic rings. The topological polar surface area (TPSA) is 44.8 Å². The summed E-state index contributed by atoms with van der Waals surface area (Å²) in [6.45, 7) is 6.63. The molecule has 0 aliphatic carbocycles. The summed E-state index contributed by atoms with van der Waals surface area (Å²) < 4.78 is 17.0. The Hall–Kier alpha value is -2.33. The van der Waals surface area contributed by atoms with Crippen LogP contribution >= 0.6 is 0 Å². The minimum absolute atomic E-state index is 0.130. The van der Waals surface area contributed by atoms with E-state index in [1.165, 1.54) is 0 Å². The summed E-state index contributed by atoms with van der Waals surface area (Å²) in [6.07, 6.45) is 3.51. The van der Waals surface area contributed by atoms with E-state index >= 15 is 0 Å². The van der Waals surface area contributed by atoms with Crippen molar-refractivity contribution in [2.75, 3.05) is 6.61 Å². The molecular formula is C24H32O4. The zero-order valence-electron chi connectivity index (χ0n) is 17.2. The lowest BCUT2D eigenvalue weighted by Crippen LogP contribution is -2.25. The van der Waals surface area contributed by atoms with Crippen LogP contribution in [0.3, 0.4) is 0 Å². The van der Waals surface area contributed by atoms with Crippen LogP contribution in [-0.4, -0.2) is 18.7 Å². The lowest BCUT2D eigenvalue weighted by molar-refractivity contribution is -0.159. The van der Waals surface area contributed by atoms with E-state index in [9.17, 15) is 4.79 Å². The molecule has 0 bridgehead atoms. The molecule has 2 atom stereocenters. The third kappa shape index (κ3) is 7.35. The van der Waals surface area contributed by atoms with Crippen molar-refractivity contribution in [3.05, 3.63) is 65.7 Å². The summed E-state index contributed by atoms with van der Waals surface area (Å²) in [5.41, 5.74) is 2.19. The van der Waals surface area contributed by atoms with Crippen LogP contribution in [0, 0.1) is 0 Å². The van der Waals surface area contributed by atoms with Crippen molar-refractivity contribution >= 4 is 5.97 Å². The third-order valence-corrected chi connectivity index (χ3v) is 4.56. The average molecular weight is 385 g/mol. The van der Waals surface area contributed by atoms with Crippen LogP contribution in [-0.2, 0) is 20.9 Å². The van der Waals surface area contributed by atoms with Gasteiger partial charge in [0.25, 0.3) is 0 Å². The highest BCUT2D eigenvalue weighted by molar-refractivity contribution is 5.74. The maximum Gasteiger partial charge on any atom is 0.334 e. The Bertz CT molecular complexity index is 682. The molecule has 0 N–H and O–H groups in total. The van der Waals surface area contributed by atoms with Crippen LogP contribution in [0.5, 0.6) is 5.75 Å².